The number of carbonyl (C=O) groups is 2. The molecular weight excluding hydrogens is 574 g/mol. The van der Waals surface area contributed by atoms with Gasteiger partial charge in [0.25, 0.3) is 15.2 Å². The van der Waals surface area contributed by atoms with Crippen molar-refractivity contribution in [2.45, 2.75) is 62.1 Å². The van der Waals surface area contributed by atoms with Crippen LogP contribution in [-0.4, -0.2) is 42.8 Å². The molecule has 1 saturated heterocycles. The van der Waals surface area contributed by atoms with Crippen molar-refractivity contribution in [3.8, 4) is 0 Å². The molecule has 2 atom stereocenters. The average Bonchev–Trinajstić information content (AvgIpc) is 3.05. The second kappa shape index (κ2) is 13.5. The van der Waals surface area contributed by atoms with Crippen LogP contribution in [0.1, 0.15) is 55.2 Å². The first-order valence-electron chi connectivity index (χ1n) is 14.9. The molecule has 0 saturated carbocycles. The van der Waals surface area contributed by atoms with E-state index in [1.807, 2.05) is 73.7 Å². The maximum absolute atomic E-state index is 14.0. The van der Waals surface area contributed by atoms with Crippen molar-refractivity contribution in [1.82, 2.24) is 9.97 Å². The van der Waals surface area contributed by atoms with Gasteiger partial charge in [0.2, 0.25) is 0 Å². The second-order valence-corrected chi connectivity index (χ2v) is 13.2. The topological polar surface area (TPSA) is 107 Å². The van der Waals surface area contributed by atoms with Gasteiger partial charge in [0.15, 0.2) is 5.78 Å². The number of aromatic nitrogens is 2. The number of hydrogen-bond acceptors (Lipinski definition) is 7. The normalized spacial score (nSPS) is 17.1. The number of nitrogens with zero attached hydrogens (tertiary/aromatic N) is 3. The van der Waals surface area contributed by atoms with Crippen LogP contribution in [0.3, 0.4) is 0 Å². The van der Waals surface area contributed by atoms with Gasteiger partial charge in [-0.25, -0.2) is 9.97 Å². The van der Waals surface area contributed by atoms with E-state index in [2.05, 4.69) is 9.97 Å². The molecule has 44 heavy (non-hydrogen) atoms. The number of Topliss-reactive ketones (excluding diaryl/α,β-unsaturated/α-hetero) is 1. The molecule has 0 amide bonds. The van der Waals surface area contributed by atoms with Crippen LogP contribution < -0.4 is 4.31 Å². The van der Waals surface area contributed by atoms with Gasteiger partial charge in [-0.15, -0.1) is 0 Å². The summed E-state index contributed by atoms with van der Waals surface area (Å²) in [5.74, 6) is -2.10. The molecule has 0 aliphatic carbocycles. The quantitative estimate of drug-likeness (QED) is 0.111. The van der Waals surface area contributed by atoms with Crippen molar-refractivity contribution >= 4 is 27.5 Å². The fourth-order valence-corrected chi connectivity index (χ4v) is 7.02. The van der Waals surface area contributed by atoms with Crippen molar-refractivity contribution < 1.29 is 22.7 Å². The monoisotopic (exact) mass is 611 g/mol. The lowest BCUT2D eigenvalue weighted by Crippen LogP contribution is -2.49. The number of esters is 1. The molecule has 2 heterocycles. The molecule has 0 N–H and O–H groups in total. The van der Waals surface area contributed by atoms with Gasteiger partial charge in [-0.2, -0.15) is 8.42 Å². The molecule has 9 heteroatoms. The van der Waals surface area contributed by atoms with Crippen molar-refractivity contribution in [1.29, 1.82) is 0 Å². The van der Waals surface area contributed by atoms with Crippen molar-refractivity contribution in [3.05, 3.63) is 120 Å². The molecule has 0 radical (unpaired) electrons. The average molecular weight is 612 g/mol. The minimum Gasteiger partial charge on any atom is -0.458 e. The summed E-state index contributed by atoms with van der Waals surface area (Å²) >= 11 is 0. The molecule has 0 bridgehead atoms. The molecule has 5 rings (SSSR count). The number of carbonyl (C=O) groups excluding carboxylic acids is 2. The summed E-state index contributed by atoms with van der Waals surface area (Å²) in [7, 11) is -2.58. The highest BCUT2D eigenvalue weighted by atomic mass is 32.2. The van der Waals surface area contributed by atoms with Crippen LogP contribution in [0.2, 0.25) is 0 Å². The Labute approximate surface area is 259 Å². The number of ether oxygens (including phenoxy) is 1. The first-order chi connectivity index (χ1) is 21.2. The van der Waals surface area contributed by atoms with Gasteiger partial charge >= 0.3 is 5.97 Å². The molecule has 1 aliphatic heterocycles. The summed E-state index contributed by atoms with van der Waals surface area (Å²) in [5, 5.41) is -0.312. The zero-order valence-electron chi connectivity index (χ0n) is 25.0. The van der Waals surface area contributed by atoms with E-state index in [0.29, 0.717) is 43.4 Å². The SMILES string of the molecule is CCC(c1cccc(N(C)S(=O)(=O)c2ncccn2)c1)C1C(=O)CC(CCc2ccccc2)(CCc2ccccc2)OC1=O. The predicted octanol–water partition coefficient (Wildman–Crippen LogP) is 5.93. The van der Waals surface area contributed by atoms with Gasteiger partial charge in [0.05, 0.1) is 5.69 Å². The minimum absolute atomic E-state index is 0.138. The molecule has 4 aromatic rings. The third kappa shape index (κ3) is 6.89. The Hall–Kier alpha value is -4.37. The van der Waals surface area contributed by atoms with Gasteiger partial charge in [-0.1, -0.05) is 79.7 Å². The van der Waals surface area contributed by atoms with Gasteiger partial charge in [-0.3, -0.25) is 13.9 Å². The second-order valence-electron chi connectivity index (χ2n) is 11.3. The highest BCUT2D eigenvalue weighted by molar-refractivity contribution is 7.92. The maximum Gasteiger partial charge on any atom is 0.317 e. The summed E-state index contributed by atoms with van der Waals surface area (Å²) in [5.41, 5.74) is 2.42. The molecule has 1 fully saturated rings. The smallest absolute Gasteiger partial charge is 0.317 e. The van der Waals surface area contributed by atoms with Crippen molar-refractivity contribution in [3.63, 3.8) is 0 Å². The number of rotatable bonds is 12. The van der Waals surface area contributed by atoms with Gasteiger partial charge in [-0.05, 0) is 67.0 Å². The third-order valence-corrected chi connectivity index (χ3v) is 10.1. The molecule has 1 aliphatic rings. The largest absolute Gasteiger partial charge is 0.458 e. The molecular formula is C35H37N3O5S. The van der Waals surface area contributed by atoms with Gasteiger partial charge < -0.3 is 4.74 Å². The number of anilines is 1. The lowest BCUT2D eigenvalue weighted by Gasteiger charge is -2.41. The number of ketones is 1. The Morgan fingerprint density at radius 2 is 1.45 bits per heavy atom. The zero-order chi connectivity index (χ0) is 31.2. The number of aryl methyl sites for hydroxylation is 2. The fourth-order valence-electron chi connectivity index (χ4n) is 5.99. The fraction of sp³-hybridized carbons (Fsp3) is 0.314. The van der Waals surface area contributed by atoms with Crippen LogP contribution in [-0.2, 0) is 37.2 Å². The van der Waals surface area contributed by atoms with Crippen molar-refractivity contribution in [2.24, 2.45) is 5.92 Å². The van der Waals surface area contributed by atoms with Crippen molar-refractivity contribution in [2.75, 3.05) is 11.4 Å². The van der Waals surface area contributed by atoms with E-state index in [4.69, 9.17) is 4.74 Å². The van der Waals surface area contributed by atoms with Crippen LogP contribution in [0, 0.1) is 5.92 Å². The predicted molar refractivity (Wildman–Crippen MR) is 169 cm³/mol. The van der Waals surface area contributed by atoms with E-state index < -0.39 is 33.4 Å². The number of hydrogen-bond donors (Lipinski definition) is 0. The van der Waals surface area contributed by atoms with E-state index in [0.717, 1.165) is 15.4 Å². The Morgan fingerprint density at radius 3 is 2.00 bits per heavy atom. The van der Waals surface area contributed by atoms with Crippen LogP contribution >= 0.6 is 0 Å². The van der Waals surface area contributed by atoms with E-state index in [1.54, 1.807) is 24.3 Å². The Morgan fingerprint density at radius 1 is 0.864 bits per heavy atom. The zero-order valence-corrected chi connectivity index (χ0v) is 25.8. The molecule has 8 nitrogen and oxygen atoms in total. The number of cyclic esters (lactones) is 1. The van der Waals surface area contributed by atoms with E-state index in [9.17, 15) is 18.0 Å². The van der Waals surface area contributed by atoms with Crippen LogP contribution in [0.15, 0.2) is 109 Å². The lowest BCUT2D eigenvalue weighted by molar-refractivity contribution is -0.180. The van der Waals surface area contributed by atoms with Crippen LogP contribution in [0.25, 0.3) is 0 Å². The lowest BCUT2D eigenvalue weighted by atomic mass is 9.73. The van der Waals surface area contributed by atoms with Gasteiger partial charge in [0.1, 0.15) is 11.5 Å². The Bertz CT molecular complexity index is 1620. The molecule has 3 aromatic carbocycles. The van der Waals surface area contributed by atoms with Crippen LogP contribution in [0.4, 0.5) is 5.69 Å². The van der Waals surface area contributed by atoms with E-state index in [1.165, 1.54) is 19.4 Å². The Balaban J connectivity index is 1.39. The summed E-state index contributed by atoms with van der Waals surface area (Å²) in [6.07, 6.45) is 5.84. The first-order valence-corrected chi connectivity index (χ1v) is 16.4. The standard InChI is InChI=1S/C35H37N3O5S/c1-3-30(28-16-10-17-29(24-28)38(2)44(41,42)34-36-22-11-23-37-34)32-31(39)25-35(43-33(32)40,20-18-26-12-6-4-7-13-26)21-19-27-14-8-5-9-15-27/h4-17,22-24,30,32H,3,18-21,25H2,1-2H3. The molecule has 1 aromatic heterocycles. The van der Waals surface area contributed by atoms with E-state index >= 15 is 0 Å². The van der Waals surface area contributed by atoms with Crippen LogP contribution in [0.5, 0.6) is 0 Å². The first kappa shape index (κ1) is 31.1. The summed E-state index contributed by atoms with van der Waals surface area (Å²) in [4.78, 5) is 35.6. The van der Waals surface area contributed by atoms with Gasteiger partial charge in [0, 0.05) is 31.8 Å². The number of benzene rings is 3. The summed E-state index contributed by atoms with van der Waals surface area (Å²) in [6, 6.07) is 28.5. The molecule has 2 unspecified atom stereocenters. The minimum atomic E-state index is -4.01. The molecule has 0 spiro atoms. The number of sulfonamides is 1. The Kier molecular flexibility index (Phi) is 9.54. The summed E-state index contributed by atoms with van der Waals surface area (Å²) < 4.78 is 33.7. The summed E-state index contributed by atoms with van der Waals surface area (Å²) in [6.45, 7) is 1.92. The van der Waals surface area contributed by atoms with E-state index in [-0.39, 0.29) is 17.4 Å². The maximum atomic E-state index is 14.0. The highest BCUT2D eigenvalue weighted by Crippen LogP contribution is 2.41. The third-order valence-electron chi connectivity index (χ3n) is 8.48. The molecule has 228 valence electrons. The highest BCUT2D eigenvalue weighted by Gasteiger charge is 2.49.